The minimum atomic E-state index is 0.474. The first-order valence-corrected chi connectivity index (χ1v) is 7.03. The van der Waals surface area contributed by atoms with E-state index in [0.717, 1.165) is 29.4 Å². The van der Waals surface area contributed by atoms with Crippen LogP contribution in [0.1, 0.15) is 29.9 Å². The first-order valence-electron chi connectivity index (χ1n) is 7.03. The fourth-order valence-electron chi connectivity index (χ4n) is 1.94. The third-order valence-corrected chi connectivity index (χ3v) is 3.28. The molecule has 0 unspecified atom stereocenters. The predicted molar refractivity (Wildman–Crippen MR) is 77.4 cm³/mol. The van der Waals surface area contributed by atoms with Crippen molar-refractivity contribution in [2.45, 2.75) is 39.0 Å². The number of nitrogens with one attached hydrogen (secondary N) is 1. The van der Waals surface area contributed by atoms with Gasteiger partial charge in [-0.05, 0) is 44.0 Å². The number of pyridine rings is 2. The summed E-state index contributed by atoms with van der Waals surface area (Å²) < 4.78 is 5.69. The highest BCUT2D eigenvalue weighted by Gasteiger charge is 2.20. The van der Waals surface area contributed by atoms with Gasteiger partial charge in [0.15, 0.2) is 0 Å². The van der Waals surface area contributed by atoms with E-state index in [1.807, 2.05) is 37.3 Å². The summed E-state index contributed by atoms with van der Waals surface area (Å²) >= 11 is 0. The molecule has 2 aromatic heterocycles. The second kappa shape index (κ2) is 6.01. The molecule has 0 aliphatic heterocycles. The minimum Gasteiger partial charge on any atom is -0.486 e. The number of nitrogens with zero attached hydrogens (tertiary/aromatic N) is 2. The molecule has 1 aliphatic carbocycles. The lowest BCUT2D eigenvalue weighted by Gasteiger charge is -2.07. The zero-order chi connectivity index (χ0) is 13.8. The molecule has 2 heterocycles. The maximum Gasteiger partial charge on any atom is 0.138 e. The third kappa shape index (κ3) is 3.78. The fourth-order valence-corrected chi connectivity index (χ4v) is 1.94. The number of hydrogen-bond acceptors (Lipinski definition) is 4. The molecule has 4 heteroatoms. The summed E-state index contributed by atoms with van der Waals surface area (Å²) in [6.07, 6.45) is 4.33. The van der Waals surface area contributed by atoms with Crippen molar-refractivity contribution in [3.8, 4) is 5.75 Å². The molecule has 3 rings (SSSR count). The molecular weight excluding hydrogens is 250 g/mol. The van der Waals surface area contributed by atoms with Crippen LogP contribution in [-0.4, -0.2) is 16.0 Å². The number of ether oxygens (including phenoxy) is 1. The van der Waals surface area contributed by atoms with Crippen LogP contribution in [-0.2, 0) is 13.2 Å². The number of aromatic nitrogens is 2. The molecule has 0 aromatic carbocycles. The van der Waals surface area contributed by atoms with Crippen molar-refractivity contribution in [1.82, 2.24) is 15.3 Å². The molecule has 1 saturated carbocycles. The van der Waals surface area contributed by atoms with Crippen LogP contribution in [0.4, 0.5) is 0 Å². The molecule has 1 fully saturated rings. The number of aryl methyl sites for hydroxylation is 1. The van der Waals surface area contributed by atoms with Crippen molar-refractivity contribution in [2.24, 2.45) is 0 Å². The van der Waals surface area contributed by atoms with Crippen molar-refractivity contribution in [1.29, 1.82) is 0 Å². The molecule has 0 saturated heterocycles. The van der Waals surface area contributed by atoms with Crippen LogP contribution < -0.4 is 10.1 Å². The van der Waals surface area contributed by atoms with E-state index in [2.05, 4.69) is 15.3 Å². The van der Waals surface area contributed by atoms with E-state index in [9.17, 15) is 0 Å². The Kier molecular flexibility index (Phi) is 3.92. The lowest BCUT2D eigenvalue weighted by Crippen LogP contribution is -2.16. The van der Waals surface area contributed by atoms with Gasteiger partial charge in [-0.2, -0.15) is 0 Å². The third-order valence-electron chi connectivity index (χ3n) is 3.28. The highest BCUT2D eigenvalue weighted by Crippen LogP contribution is 2.19. The van der Waals surface area contributed by atoms with Crippen LogP contribution in [0.2, 0.25) is 0 Å². The van der Waals surface area contributed by atoms with Gasteiger partial charge < -0.3 is 10.1 Å². The van der Waals surface area contributed by atoms with Crippen molar-refractivity contribution in [3.63, 3.8) is 0 Å². The lowest BCUT2D eigenvalue weighted by atomic mass is 10.3. The van der Waals surface area contributed by atoms with Crippen LogP contribution in [0, 0.1) is 6.92 Å². The van der Waals surface area contributed by atoms with Gasteiger partial charge in [-0.25, -0.2) is 0 Å². The van der Waals surface area contributed by atoms with E-state index in [1.165, 1.54) is 12.8 Å². The van der Waals surface area contributed by atoms with Crippen LogP contribution in [0.25, 0.3) is 0 Å². The van der Waals surface area contributed by atoms with Gasteiger partial charge in [0.25, 0.3) is 0 Å². The zero-order valence-electron chi connectivity index (χ0n) is 11.7. The van der Waals surface area contributed by atoms with E-state index in [-0.39, 0.29) is 0 Å². The molecule has 1 N–H and O–H groups in total. The molecule has 0 atom stereocenters. The van der Waals surface area contributed by atoms with Crippen molar-refractivity contribution < 1.29 is 4.74 Å². The Hall–Kier alpha value is -1.94. The van der Waals surface area contributed by atoms with Gasteiger partial charge in [0.2, 0.25) is 0 Å². The van der Waals surface area contributed by atoms with Crippen LogP contribution in [0.5, 0.6) is 5.75 Å². The lowest BCUT2D eigenvalue weighted by molar-refractivity contribution is 0.299. The van der Waals surface area contributed by atoms with Gasteiger partial charge in [-0.15, -0.1) is 0 Å². The Balaban J connectivity index is 1.56. The summed E-state index contributed by atoms with van der Waals surface area (Å²) in [5.74, 6) is 0.777. The second-order valence-electron chi connectivity index (χ2n) is 5.20. The van der Waals surface area contributed by atoms with Gasteiger partial charge in [-0.3, -0.25) is 9.97 Å². The quantitative estimate of drug-likeness (QED) is 0.875. The second-order valence-corrected chi connectivity index (χ2v) is 5.20. The summed E-state index contributed by atoms with van der Waals surface area (Å²) in [5, 5.41) is 3.47. The monoisotopic (exact) mass is 269 g/mol. The number of hydrogen-bond donors (Lipinski definition) is 1. The molecule has 0 radical (unpaired) electrons. The van der Waals surface area contributed by atoms with Gasteiger partial charge in [0.1, 0.15) is 12.4 Å². The maximum absolute atomic E-state index is 5.69. The summed E-state index contributed by atoms with van der Waals surface area (Å²) in [6, 6.07) is 10.6. The normalized spacial score (nSPS) is 14.2. The number of rotatable bonds is 6. The Morgan fingerprint density at radius 3 is 2.80 bits per heavy atom. The average Bonchev–Trinajstić information content (AvgIpc) is 3.29. The van der Waals surface area contributed by atoms with Gasteiger partial charge in [0, 0.05) is 18.3 Å². The van der Waals surface area contributed by atoms with Crippen LogP contribution in [0.15, 0.2) is 36.5 Å². The van der Waals surface area contributed by atoms with Gasteiger partial charge in [0.05, 0.1) is 17.6 Å². The largest absolute Gasteiger partial charge is 0.486 e. The van der Waals surface area contributed by atoms with Gasteiger partial charge in [-0.1, -0.05) is 6.07 Å². The first-order chi connectivity index (χ1) is 9.79. The molecule has 4 nitrogen and oxygen atoms in total. The molecule has 0 spiro atoms. The molecule has 1 aliphatic rings. The molecule has 2 aromatic rings. The van der Waals surface area contributed by atoms with Gasteiger partial charge >= 0.3 is 0 Å². The van der Waals surface area contributed by atoms with Crippen LogP contribution >= 0.6 is 0 Å². The maximum atomic E-state index is 5.69. The zero-order valence-corrected chi connectivity index (χ0v) is 11.7. The summed E-state index contributed by atoms with van der Waals surface area (Å²) in [7, 11) is 0. The Labute approximate surface area is 119 Å². The van der Waals surface area contributed by atoms with E-state index < -0.39 is 0 Å². The van der Waals surface area contributed by atoms with Crippen LogP contribution in [0.3, 0.4) is 0 Å². The van der Waals surface area contributed by atoms with Crippen molar-refractivity contribution in [2.75, 3.05) is 0 Å². The van der Waals surface area contributed by atoms with E-state index >= 15 is 0 Å². The standard InChI is InChI=1S/C16H19N3O/c1-12-5-8-16(10-17-12)20-11-15-4-2-3-14(19-15)9-18-13-6-7-13/h2-5,8,10,13,18H,6-7,9,11H2,1H3. The highest BCUT2D eigenvalue weighted by atomic mass is 16.5. The first kappa shape index (κ1) is 13.1. The molecule has 0 bridgehead atoms. The highest BCUT2D eigenvalue weighted by molar-refractivity contribution is 5.20. The Morgan fingerprint density at radius 1 is 1.20 bits per heavy atom. The fraction of sp³-hybridized carbons (Fsp3) is 0.375. The van der Waals surface area contributed by atoms with E-state index in [1.54, 1.807) is 6.20 Å². The Morgan fingerprint density at radius 2 is 2.05 bits per heavy atom. The molecule has 0 amide bonds. The van der Waals surface area contributed by atoms with E-state index in [4.69, 9.17) is 4.74 Å². The summed E-state index contributed by atoms with van der Waals surface area (Å²) in [6.45, 7) is 3.27. The topological polar surface area (TPSA) is 47.0 Å². The summed E-state index contributed by atoms with van der Waals surface area (Å²) in [4.78, 5) is 8.81. The molecular formula is C16H19N3O. The smallest absolute Gasteiger partial charge is 0.138 e. The molecule has 20 heavy (non-hydrogen) atoms. The molecule has 104 valence electrons. The van der Waals surface area contributed by atoms with Crippen molar-refractivity contribution in [3.05, 3.63) is 53.6 Å². The summed E-state index contributed by atoms with van der Waals surface area (Å²) in [5.41, 5.74) is 3.00. The van der Waals surface area contributed by atoms with E-state index in [0.29, 0.717) is 12.6 Å². The predicted octanol–water partition coefficient (Wildman–Crippen LogP) is 2.62. The average molecular weight is 269 g/mol. The minimum absolute atomic E-state index is 0.474. The SMILES string of the molecule is Cc1ccc(OCc2cccc(CNC3CC3)n2)cn1. The van der Waals surface area contributed by atoms with Crippen molar-refractivity contribution >= 4 is 0 Å². The Bertz CT molecular complexity index is 564.